The molecule has 0 aliphatic carbocycles. The molecule has 1 heterocycles. The number of amides is 3. The lowest BCUT2D eigenvalue weighted by atomic mass is 10.1. The third kappa shape index (κ3) is 8.20. The smallest absolute Gasteiger partial charge is 0.272 e. The van der Waals surface area contributed by atoms with Gasteiger partial charge in [-0.25, -0.2) is 0 Å². The summed E-state index contributed by atoms with van der Waals surface area (Å²) in [5.41, 5.74) is 2.28. The van der Waals surface area contributed by atoms with E-state index in [1.807, 2.05) is 43.3 Å². The number of thioether (sulfide) groups is 1. The second kappa shape index (κ2) is 14.8. The van der Waals surface area contributed by atoms with Gasteiger partial charge < -0.3 is 30.2 Å². The first kappa shape index (κ1) is 30.2. The molecule has 0 saturated heterocycles. The standard InChI is InChI=1S/C34H31N3O6S/c1-2-41-29-11-7-6-10-24(29)20-28(37-33(39)23-8-4-3-5-9-23)34(40)36-25-12-15-27(16-13-25)44-22-32(38)35-26-14-17-30-31(21-26)43-19-18-42-30/h3-17,20-21H,2,18-19,22H2,1H3,(H,35,38)(H,36,40)(H,37,39)/b28-20-. The Morgan fingerprint density at radius 2 is 1.52 bits per heavy atom. The summed E-state index contributed by atoms with van der Waals surface area (Å²) in [7, 11) is 0. The number of anilines is 2. The Morgan fingerprint density at radius 1 is 0.818 bits per heavy atom. The summed E-state index contributed by atoms with van der Waals surface area (Å²) in [4.78, 5) is 39.7. The molecule has 5 rings (SSSR count). The van der Waals surface area contributed by atoms with E-state index >= 15 is 0 Å². The van der Waals surface area contributed by atoms with E-state index in [1.54, 1.807) is 66.7 Å². The molecule has 4 aromatic rings. The predicted octanol–water partition coefficient (Wildman–Crippen LogP) is 6.00. The molecule has 224 valence electrons. The SMILES string of the molecule is CCOc1ccccc1/C=C(\NC(=O)c1ccccc1)C(=O)Nc1ccc(SCC(=O)Nc2ccc3c(c2)OCCO3)cc1. The van der Waals surface area contributed by atoms with Gasteiger partial charge in [0.25, 0.3) is 11.8 Å². The number of rotatable bonds is 11. The molecule has 0 spiro atoms. The molecule has 0 aromatic heterocycles. The van der Waals surface area contributed by atoms with Crippen molar-refractivity contribution in [2.45, 2.75) is 11.8 Å². The van der Waals surface area contributed by atoms with Crippen LogP contribution in [0.1, 0.15) is 22.8 Å². The van der Waals surface area contributed by atoms with Crippen LogP contribution in [-0.2, 0) is 9.59 Å². The predicted molar refractivity (Wildman–Crippen MR) is 171 cm³/mol. The average molecular weight is 610 g/mol. The average Bonchev–Trinajstić information content (AvgIpc) is 3.05. The number of hydrogen-bond acceptors (Lipinski definition) is 7. The zero-order valence-electron chi connectivity index (χ0n) is 24.0. The van der Waals surface area contributed by atoms with Crippen molar-refractivity contribution in [3.63, 3.8) is 0 Å². The van der Waals surface area contributed by atoms with Gasteiger partial charge in [-0.1, -0.05) is 36.4 Å². The van der Waals surface area contributed by atoms with E-state index in [0.717, 1.165) is 4.90 Å². The Morgan fingerprint density at radius 3 is 2.30 bits per heavy atom. The number of benzene rings is 4. The van der Waals surface area contributed by atoms with Crippen LogP contribution in [0.5, 0.6) is 17.2 Å². The van der Waals surface area contributed by atoms with Crippen LogP contribution in [-0.4, -0.2) is 43.3 Å². The van der Waals surface area contributed by atoms with Crippen LogP contribution < -0.4 is 30.2 Å². The monoisotopic (exact) mass is 609 g/mol. The number of para-hydroxylation sites is 1. The van der Waals surface area contributed by atoms with Crippen molar-refractivity contribution in [3.05, 3.63) is 114 Å². The Bertz CT molecular complexity index is 1660. The van der Waals surface area contributed by atoms with Crippen LogP contribution in [0.25, 0.3) is 6.08 Å². The van der Waals surface area contributed by atoms with Crippen molar-refractivity contribution >= 4 is 46.9 Å². The van der Waals surface area contributed by atoms with E-state index in [1.165, 1.54) is 11.8 Å². The Labute approximate surface area is 259 Å². The summed E-state index contributed by atoms with van der Waals surface area (Å²) >= 11 is 1.36. The van der Waals surface area contributed by atoms with Crippen molar-refractivity contribution in [2.75, 3.05) is 36.2 Å². The number of carbonyl (C=O) groups excluding carboxylic acids is 3. The largest absolute Gasteiger partial charge is 0.493 e. The summed E-state index contributed by atoms with van der Waals surface area (Å²) in [6.07, 6.45) is 1.59. The first-order chi connectivity index (χ1) is 21.5. The van der Waals surface area contributed by atoms with Gasteiger partial charge in [-0.15, -0.1) is 11.8 Å². The van der Waals surface area contributed by atoms with Crippen LogP contribution >= 0.6 is 11.8 Å². The molecule has 1 aliphatic rings. The Balaban J connectivity index is 1.22. The number of carbonyl (C=O) groups is 3. The van der Waals surface area contributed by atoms with E-state index < -0.39 is 11.8 Å². The molecule has 4 aromatic carbocycles. The fourth-order valence-corrected chi connectivity index (χ4v) is 4.98. The molecule has 1 aliphatic heterocycles. The van der Waals surface area contributed by atoms with Gasteiger partial charge in [0.1, 0.15) is 24.7 Å². The summed E-state index contributed by atoms with van der Waals surface area (Å²) in [5, 5.41) is 8.46. The third-order valence-electron chi connectivity index (χ3n) is 6.36. The highest BCUT2D eigenvalue weighted by atomic mass is 32.2. The molecule has 0 saturated carbocycles. The maximum absolute atomic E-state index is 13.4. The fraction of sp³-hybridized carbons (Fsp3) is 0.147. The van der Waals surface area contributed by atoms with E-state index in [0.29, 0.717) is 59.6 Å². The minimum Gasteiger partial charge on any atom is -0.493 e. The van der Waals surface area contributed by atoms with Gasteiger partial charge in [0.2, 0.25) is 5.91 Å². The first-order valence-electron chi connectivity index (χ1n) is 14.0. The maximum Gasteiger partial charge on any atom is 0.272 e. The number of hydrogen-bond donors (Lipinski definition) is 3. The molecule has 0 bridgehead atoms. The molecule has 3 amide bonds. The van der Waals surface area contributed by atoms with Crippen molar-refractivity contribution < 1.29 is 28.6 Å². The number of nitrogens with one attached hydrogen (secondary N) is 3. The van der Waals surface area contributed by atoms with Crippen LogP contribution in [0.4, 0.5) is 11.4 Å². The molecule has 10 heteroatoms. The van der Waals surface area contributed by atoms with Gasteiger partial charge in [-0.2, -0.15) is 0 Å². The minimum absolute atomic E-state index is 0.0558. The zero-order valence-corrected chi connectivity index (χ0v) is 24.8. The van der Waals surface area contributed by atoms with Gasteiger partial charge >= 0.3 is 0 Å². The lowest BCUT2D eigenvalue weighted by Gasteiger charge is -2.19. The molecule has 9 nitrogen and oxygen atoms in total. The number of fused-ring (bicyclic) bond motifs is 1. The summed E-state index contributed by atoms with van der Waals surface area (Å²) < 4.78 is 16.8. The van der Waals surface area contributed by atoms with Crippen molar-refractivity contribution in [1.29, 1.82) is 0 Å². The Hall–Kier alpha value is -5.22. The van der Waals surface area contributed by atoms with Gasteiger partial charge in [0.15, 0.2) is 11.5 Å². The molecular weight excluding hydrogens is 578 g/mol. The zero-order chi connectivity index (χ0) is 30.7. The van der Waals surface area contributed by atoms with Crippen LogP contribution in [0, 0.1) is 0 Å². The number of ether oxygens (including phenoxy) is 3. The molecule has 44 heavy (non-hydrogen) atoms. The molecule has 0 fully saturated rings. The quantitative estimate of drug-likeness (QED) is 0.141. The Kier molecular flexibility index (Phi) is 10.2. The first-order valence-corrected chi connectivity index (χ1v) is 15.0. The highest BCUT2D eigenvalue weighted by Gasteiger charge is 2.17. The fourth-order valence-electron chi connectivity index (χ4n) is 4.28. The maximum atomic E-state index is 13.4. The van der Waals surface area contributed by atoms with Gasteiger partial charge in [-0.3, -0.25) is 14.4 Å². The van der Waals surface area contributed by atoms with E-state index in [4.69, 9.17) is 14.2 Å². The molecular formula is C34H31N3O6S. The van der Waals surface area contributed by atoms with Crippen molar-refractivity contribution in [3.8, 4) is 17.2 Å². The molecule has 0 unspecified atom stereocenters. The molecule has 0 radical (unpaired) electrons. The van der Waals surface area contributed by atoms with Gasteiger partial charge in [0, 0.05) is 33.5 Å². The lowest BCUT2D eigenvalue weighted by molar-refractivity contribution is -0.114. The van der Waals surface area contributed by atoms with E-state index in [2.05, 4.69) is 16.0 Å². The summed E-state index contributed by atoms with van der Waals surface area (Å²) in [5.74, 6) is 0.969. The highest BCUT2D eigenvalue weighted by Crippen LogP contribution is 2.32. The van der Waals surface area contributed by atoms with E-state index in [9.17, 15) is 14.4 Å². The second-order valence-corrected chi connectivity index (χ2v) is 10.6. The third-order valence-corrected chi connectivity index (χ3v) is 7.37. The molecule has 3 N–H and O–H groups in total. The topological polar surface area (TPSA) is 115 Å². The molecule has 0 atom stereocenters. The summed E-state index contributed by atoms with van der Waals surface area (Å²) in [6.45, 7) is 3.30. The second-order valence-electron chi connectivity index (χ2n) is 9.52. The van der Waals surface area contributed by atoms with Crippen LogP contribution in [0.15, 0.2) is 108 Å². The van der Waals surface area contributed by atoms with Crippen molar-refractivity contribution in [2.24, 2.45) is 0 Å². The summed E-state index contributed by atoms with van der Waals surface area (Å²) in [6, 6.07) is 28.3. The lowest BCUT2D eigenvalue weighted by Crippen LogP contribution is -2.30. The highest BCUT2D eigenvalue weighted by molar-refractivity contribution is 8.00. The van der Waals surface area contributed by atoms with Crippen molar-refractivity contribution in [1.82, 2.24) is 5.32 Å². The van der Waals surface area contributed by atoms with Gasteiger partial charge in [0.05, 0.1) is 12.4 Å². The van der Waals surface area contributed by atoms with Crippen LogP contribution in [0.3, 0.4) is 0 Å². The minimum atomic E-state index is -0.500. The normalized spacial score (nSPS) is 12.2. The van der Waals surface area contributed by atoms with Gasteiger partial charge in [-0.05, 0) is 67.6 Å². The van der Waals surface area contributed by atoms with E-state index in [-0.39, 0.29) is 17.4 Å². The van der Waals surface area contributed by atoms with Crippen LogP contribution in [0.2, 0.25) is 0 Å².